The number of nitrogens with one attached hydrogen (secondary N) is 1. The maximum absolute atomic E-state index is 14.0. The van der Waals surface area contributed by atoms with Crippen molar-refractivity contribution >= 4 is 21.6 Å². The average Bonchev–Trinajstić information content (AvgIpc) is 2.70. The van der Waals surface area contributed by atoms with Crippen LogP contribution >= 0.6 is 0 Å². The van der Waals surface area contributed by atoms with E-state index in [2.05, 4.69) is 5.32 Å². The van der Waals surface area contributed by atoms with Crippen molar-refractivity contribution in [2.45, 2.75) is 25.8 Å². The zero-order chi connectivity index (χ0) is 22.3. The first-order valence-corrected chi connectivity index (χ1v) is 11.3. The highest BCUT2D eigenvalue weighted by Gasteiger charge is 2.21. The van der Waals surface area contributed by atoms with Crippen LogP contribution in [0.3, 0.4) is 0 Å². The van der Waals surface area contributed by atoms with Gasteiger partial charge in [-0.3, -0.25) is 9.10 Å². The van der Waals surface area contributed by atoms with Crippen molar-refractivity contribution in [2.24, 2.45) is 0 Å². The summed E-state index contributed by atoms with van der Waals surface area (Å²) in [6.45, 7) is 1.81. The van der Waals surface area contributed by atoms with E-state index in [0.29, 0.717) is 11.5 Å². The van der Waals surface area contributed by atoms with Crippen molar-refractivity contribution in [1.82, 2.24) is 5.32 Å². The lowest BCUT2D eigenvalue weighted by Crippen LogP contribution is -2.33. The molecular weight excluding hydrogens is 411 g/mol. The van der Waals surface area contributed by atoms with E-state index in [1.54, 1.807) is 38.5 Å². The molecule has 0 saturated heterocycles. The minimum Gasteiger partial charge on any atom is -0.497 e. The second-order valence-corrected chi connectivity index (χ2v) is 8.69. The van der Waals surface area contributed by atoms with Crippen molar-refractivity contribution in [2.75, 3.05) is 31.3 Å². The largest absolute Gasteiger partial charge is 0.497 e. The van der Waals surface area contributed by atoms with Crippen molar-refractivity contribution in [1.29, 1.82) is 0 Å². The molecule has 9 heteroatoms. The molecule has 30 heavy (non-hydrogen) atoms. The maximum Gasteiger partial charge on any atom is 0.232 e. The lowest BCUT2D eigenvalue weighted by Gasteiger charge is -2.23. The Labute approximate surface area is 176 Å². The number of methoxy groups -OCH3 is 2. The molecule has 0 aliphatic rings. The first-order chi connectivity index (χ1) is 14.2. The van der Waals surface area contributed by atoms with Crippen LogP contribution in [0.4, 0.5) is 10.1 Å². The molecular formula is C21H27FN2O5S. The van der Waals surface area contributed by atoms with Crippen LogP contribution in [0.15, 0.2) is 42.5 Å². The number of rotatable bonds is 10. The Morgan fingerprint density at radius 2 is 1.87 bits per heavy atom. The van der Waals surface area contributed by atoms with Gasteiger partial charge in [-0.25, -0.2) is 12.8 Å². The van der Waals surface area contributed by atoms with Gasteiger partial charge in [0.1, 0.15) is 17.3 Å². The van der Waals surface area contributed by atoms with Gasteiger partial charge in [-0.05, 0) is 43.7 Å². The fourth-order valence-electron chi connectivity index (χ4n) is 3.07. The number of halogens is 1. The quantitative estimate of drug-likeness (QED) is 0.615. The molecule has 0 aliphatic carbocycles. The van der Waals surface area contributed by atoms with Gasteiger partial charge in [0.2, 0.25) is 15.9 Å². The van der Waals surface area contributed by atoms with Crippen molar-refractivity contribution in [3.8, 4) is 11.5 Å². The summed E-state index contributed by atoms with van der Waals surface area (Å²) < 4.78 is 49.8. The molecule has 0 heterocycles. The lowest BCUT2D eigenvalue weighted by molar-refractivity contribution is -0.121. The Morgan fingerprint density at radius 3 is 2.47 bits per heavy atom. The van der Waals surface area contributed by atoms with Crippen LogP contribution in [0.25, 0.3) is 0 Å². The monoisotopic (exact) mass is 438 g/mol. The number of hydrogen-bond donors (Lipinski definition) is 1. The van der Waals surface area contributed by atoms with E-state index in [-0.39, 0.29) is 37.0 Å². The molecule has 0 fully saturated rings. The van der Waals surface area contributed by atoms with E-state index in [1.165, 1.54) is 18.2 Å². The van der Waals surface area contributed by atoms with Crippen LogP contribution in [0.5, 0.6) is 11.5 Å². The van der Waals surface area contributed by atoms with E-state index >= 15 is 0 Å². The van der Waals surface area contributed by atoms with Crippen LogP contribution in [-0.2, 0) is 14.8 Å². The van der Waals surface area contributed by atoms with Gasteiger partial charge in [-0.2, -0.15) is 0 Å². The van der Waals surface area contributed by atoms with E-state index in [9.17, 15) is 17.6 Å². The predicted octanol–water partition coefficient (Wildman–Crippen LogP) is 3.27. The number of ether oxygens (including phenoxy) is 2. The summed E-state index contributed by atoms with van der Waals surface area (Å²) in [6, 6.07) is 10.6. The molecule has 1 atom stereocenters. The second kappa shape index (κ2) is 10.3. The number of carbonyl (C=O) groups excluding carboxylic acids is 1. The van der Waals surface area contributed by atoms with Gasteiger partial charge in [0.05, 0.1) is 32.2 Å². The molecule has 0 radical (unpaired) electrons. The summed E-state index contributed by atoms with van der Waals surface area (Å²) in [5.74, 6) is 0.368. The second-order valence-electron chi connectivity index (χ2n) is 6.79. The highest BCUT2D eigenvalue weighted by molar-refractivity contribution is 7.92. The number of nitrogens with zero attached hydrogens (tertiary/aromatic N) is 1. The van der Waals surface area contributed by atoms with E-state index in [4.69, 9.17) is 9.47 Å². The number of hydrogen-bond acceptors (Lipinski definition) is 5. The molecule has 0 spiro atoms. The van der Waals surface area contributed by atoms with Crippen molar-refractivity contribution in [3.63, 3.8) is 0 Å². The molecule has 0 bridgehead atoms. The molecule has 2 aromatic carbocycles. The van der Waals surface area contributed by atoms with Gasteiger partial charge in [0.15, 0.2) is 0 Å². The number of amides is 1. The van der Waals surface area contributed by atoms with E-state index < -0.39 is 15.8 Å². The molecule has 0 saturated carbocycles. The Bertz CT molecular complexity index is 981. The standard InChI is InChI=1S/C21H27FN2O5S/c1-15(17-14-16(28-2)11-12-20(17)29-3)23-21(25)10-7-13-24(30(4,26)27)19-9-6-5-8-18(19)22/h5-6,8-9,11-12,14-15H,7,10,13H2,1-4H3,(H,23,25)/t15-/m1/s1. The molecule has 7 nitrogen and oxygen atoms in total. The van der Waals surface area contributed by atoms with Gasteiger partial charge in [0, 0.05) is 18.5 Å². The van der Waals surface area contributed by atoms with Gasteiger partial charge in [-0.1, -0.05) is 12.1 Å². The van der Waals surface area contributed by atoms with Gasteiger partial charge in [0.25, 0.3) is 0 Å². The van der Waals surface area contributed by atoms with Gasteiger partial charge in [-0.15, -0.1) is 0 Å². The molecule has 0 aliphatic heterocycles. The van der Waals surface area contributed by atoms with E-state index in [1.807, 2.05) is 6.92 Å². The lowest BCUT2D eigenvalue weighted by atomic mass is 10.1. The zero-order valence-corrected chi connectivity index (χ0v) is 18.3. The van der Waals surface area contributed by atoms with Crippen molar-refractivity contribution in [3.05, 3.63) is 53.8 Å². The summed E-state index contributed by atoms with van der Waals surface area (Å²) >= 11 is 0. The predicted molar refractivity (Wildman–Crippen MR) is 114 cm³/mol. The molecule has 0 aromatic heterocycles. The minimum absolute atomic E-state index is 0.00987. The normalized spacial score (nSPS) is 12.2. The topological polar surface area (TPSA) is 84.9 Å². The summed E-state index contributed by atoms with van der Waals surface area (Å²) in [5.41, 5.74) is 0.726. The Hall–Kier alpha value is -2.81. The zero-order valence-electron chi connectivity index (χ0n) is 17.5. The molecule has 0 unspecified atom stereocenters. The number of carbonyl (C=O) groups is 1. The van der Waals surface area contributed by atoms with E-state index in [0.717, 1.165) is 16.1 Å². The number of para-hydroxylation sites is 1. The third-order valence-corrected chi connectivity index (χ3v) is 5.75. The fraction of sp³-hybridized carbons (Fsp3) is 0.381. The summed E-state index contributed by atoms with van der Waals surface area (Å²) in [7, 11) is -0.592. The SMILES string of the molecule is COc1ccc(OC)c([C@@H](C)NC(=O)CCCN(c2ccccc2F)S(C)(=O)=O)c1. The maximum atomic E-state index is 14.0. The van der Waals surface area contributed by atoms with Crippen LogP contribution < -0.4 is 19.1 Å². The minimum atomic E-state index is -3.69. The Morgan fingerprint density at radius 1 is 1.17 bits per heavy atom. The summed E-state index contributed by atoms with van der Waals surface area (Å²) in [6.07, 6.45) is 1.32. The fourth-order valence-corrected chi connectivity index (χ4v) is 4.04. The van der Waals surface area contributed by atoms with Crippen molar-refractivity contribution < 1.29 is 27.1 Å². The molecule has 2 aromatic rings. The van der Waals surface area contributed by atoms with Crippen LogP contribution in [0.1, 0.15) is 31.4 Å². The van der Waals surface area contributed by atoms with Crippen LogP contribution in [0.2, 0.25) is 0 Å². The molecule has 1 N–H and O–H groups in total. The third-order valence-electron chi connectivity index (χ3n) is 4.57. The average molecular weight is 439 g/mol. The number of benzene rings is 2. The smallest absolute Gasteiger partial charge is 0.232 e. The molecule has 164 valence electrons. The van der Waals surface area contributed by atoms with Crippen LogP contribution in [0, 0.1) is 5.82 Å². The molecule has 2 rings (SSSR count). The van der Waals surface area contributed by atoms with Gasteiger partial charge >= 0.3 is 0 Å². The van der Waals surface area contributed by atoms with Crippen LogP contribution in [-0.4, -0.2) is 41.3 Å². The summed E-state index contributed by atoms with van der Waals surface area (Å²) in [4.78, 5) is 12.4. The highest BCUT2D eigenvalue weighted by Crippen LogP contribution is 2.29. The third kappa shape index (κ3) is 6.09. The first-order valence-electron chi connectivity index (χ1n) is 9.41. The highest BCUT2D eigenvalue weighted by atomic mass is 32.2. The Kier molecular flexibility index (Phi) is 8.05. The number of sulfonamides is 1. The first kappa shape index (κ1) is 23.5. The Balaban J connectivity index is 2.01. The van der Waals surface area contributed by atoms with Gasteiger partial charge < -0.3 is 14.8 Å². The number of anilines is 1. The molecule has 1 amide bonds. The summed E-state index contributed by atoms with van der Waals surface area (Å²) in [5, 5.41) is 2.87.